The first-order valence-electron chi connectivity index (χ1n) is 4.68. The molecule has 0 spiro atoms. The summed E-state index contributed by atoms with van der Waals surface area (Å²) in [6.07, 6.45) is 0. The maximum atomic E-state index is 5.25. The molecular weight excluding hydrogens is 270 g/mol. The van der Waals surface area contributed by atoms with E-state index >= 15 is 0 Å². The average molecular weight is 276 g/mol. The number of hydrogen-bond donors (Lipinski definition) is 0. The molecule has 1 aromatic carbocycles. The zero-order valence-corrected chi connectivity index (χ0v) is 9.68. The van der Waals surface area contributed by atoms with E-state index in [1.807, 2.05) is 36.4 Å². The van der Waals surface area contributed by atoms with Crippen molar-refractivity contribution in [2.45, 2.75) is 0 Å². The summed E-state index contributed by atoms with van der Waals surface area (Å²) < 4.78 is 5.25. The van der Waals surface area contributed by atoms with E-state index in [9.17, 15) is 0 Å². The Balaban J connectivity index is 2.18. The van der Waals surface area contributed by atoms with Crippen molar-refractivity contribution in [1.29, 1.82) is 0 Å². The fourth-order valence-corrected chi connectivity index (χ4v) is 1.73. The molecule has 2 aromatic heterocycles. The molecule has 0 unspecified atom stereocenters. The summed E-state index contributed by atoms with van der Waals surface area (Å²) in [5, 5.41) is 8.69. The minimum absolute atomic E-state index is 0.359. The highest BCUT2D eigenvalue weighted by Crippen LogP contribution is 2.21. The predicted molar refractivity (Wildman–Crippen MR) is 62.7 cm³/mol. The van der Waals surface area contributed by atoms with Crippen LogP contribution in [0.2, 0.25) is 0 Å². The normalized spacial score (nSPS) is 10.8. The summed E-state index contributed by atoms with van der Waals surface area (Å²) in [5.41, 5.74) is 1.59. The Kier molecular flexibility index (Phi) is 2.18. The molecule has 0 saturated carbocycles. The lowest BCUT2D eigenvalue weighted by molar-refractivity contribution is 0.538. The molecule has 0 saturated heterocycles. The number of pyridine rings is 1. The van der Waals surface area contributed by atoms with Crippen molar-refractivity contribution in [3.8, 4) is 11.6 Å². The number of benzene rings is 1. The molecule has 0 fully saturated rings. The van der Waals surface area contributed by atoms with Gasteiger partial charge in [-0.05, 0) is 12.1 Å². The molecule has 3 aromatic rings. The quantitative estimate of drug-likeness (QED) is 0.685. The summed E-state index contributed by atoms with van der Waals surface area (Å²) >= 11 is 3.11. The largest absolute Gasteiger partial charge is 0.409 e. The van der Waals surface area contributed by atoms with Gasteiger partial charge in [0.1, 0.15) is 5.69 Å². The van der Waals surface area contributed by atoms with E-state index < -0.39 is 0 Å². The highest BCUT2D eigenvalue weighted by Gasteiger charge is 2.08. The van der Waals surface area contributed by atoms with E-state index in [4.69, 9.17) is 4.42 Å². The summed E-state index contributed by atoms with van der Waals surface area (Å²) in [7, 11) is 0. The van der Waals surface area contributed by atoms with Crippen LogP contribution in [0.25, 0.3) is 22.5 Å². The number of halogens is 1. The monoisotopic (exact) mass is 275 g/mol. The van der Waals surface area contributed by atoms with Crippen LogP contribution in [0.1, 0.15) is 0 Å². The van der Waals surface area contributed by atoms with Gasteiger partial charge < -0.3 is 4.42 Å². The van der Waals surface area contributed by atoms with Crippen molar-refractivity contribution in [1.82, 2.24) is 15.2 Å². The van der Waals surface area contributed by atoms with Crippen molar-refractivity contribution in [3.05, 3.63) is 41.2 Å². The second kappa shape index (κ2) is 3.68. The van der Waals surface area contributed by atoms with Crippen LogP contribution in [0.4, 0.5) is 0 Å². The minimum Gasteiger partial charge on any atom is -0.409 e. The third kappa shape index (κ3) is 1.59. The number of nitrogens with zero attached hydrogens (tertiary/aromatic N) is 3. The van der Waals surface area contributed by atoms with E-state index in [2.05, 4.69) is 31.1 Å². The molecule has 0 aliphatic rings. The summed E-state index contributed by atoms with van der Waals surface area (Å²) in [6.45, 7) is 0. The Morgan fingerprint density at radius 3 is 2.69 bits per heavy atom. The lowest BCUT2D eigenvalue weighted by atomic mass is 10.2. The van der Waals surface area contributed by atoms with Gasteiger partial charge in [-0.3, -0.25) is 0 Å². The maximum absolute atomic E-state index is 5.25. The lowest BCUT2D eigenvalue weighted by Gasteiger charge is -1.98. The van der Waals surface area contributed by atoms with Crippen molar-refractivity contribution in [3.63, 3.8) is 0 Å². The zero-order chi connectivity index (χ0) is 11.0. The van der Waals surface area contributed by atoms with E-state index in [1.165, 1.54) is 0 Å². The number of para-hydroxylation sites is 1. The third-order valence-corrected chi connectivity index (χ3v) is 2.54. The van der Waals surface area contributed by atoms with Gasteiger partial charge in [-0.15, -0.1) is 10.2 Å². The SMILES string of the molecule is Brc1nnc(-c2ccc3ccccc3n2)o1. The minimum atomic E-state index is 0.359. The van der Waals surface area contributed by atoms with Gasteiger partial charge in [-0.2, -0.15) is 0 Å². The Bertz CT molecular complexity index is 650. The van der Waals surface area contributed by atoms with Gasteiger partial charge in [-0.25, -0.2) is 4.98 Å². The fourth-order valence-electron chi connectivity index (χ4n) is 1.49. The van der Waals surface area contributed by atoms with Crippen molar-refractivity contribution < 1.29 is 4.42 Å². The Hall–Kier alpha value is -1.75. The first-order valence-corrected chi connectivity index (χ1v) is 5.47. The van der Waals surface area contributed by atoms with Gasteiger partial charge in [0.05, 0.1) is 5.52 Å². The van der Waals surface area contributed by atoms with E-state index in [0.29, 0.717) is 16.4 Å². The molecule has 3 rings (SSSR count). The van der Waals surface area contributed by atoms with Crippen molar-refractivity contribution >= 4 is 26.8 Å². The lowest BCUT2D eigenvalue weighted by Crippen LogP contribution is -1.84. The van der Waals surface area contributed by atoms with Gasteiger partial charge in [0.2, 0.25) is 0 Å². The Labute approximate surface area is 99.5 Å². The topological polar surface area (TPSA) is 51.8 Å². The zero-order valence-electron chi connectivity index (χ0n) is 8.09. The van der Waals surface area contributed by atoms with Crippen molar-refractivity contribution in [2.24, 2.45) is 0 Å². The molecule has 4 nitrogen and oxygen atoms in total. The third-order valence-electron chi connectivity index (χ3n) is 2.22. The smallest absolute Gasteiger partial charge is 0.285 e. The summed E-state index contributed by atoms with van der Waals surface area (Å²) in [5.74, 6) is 0.414. The molecule has 0 atom stereocenters. The molecule has 16 heavy (non-hydrogen) atoms. The van der Waals surface area contributed by atoms with Crippen LogP contribution in [0.3, 0.4) is 0 Å². The average Bonchev–Trinajstić information content (AvgIpc) is 2.75. The highest BCUT2D eigenvalue weighted by molar-refractivity contribution is 9.10. The van der Waals surface area contributed by atoms with Crippen LogP contribution in [0, 0.1) is 0 Å². The van der Waals surface area contributed by atoms with Gasteiger partial charge in [-0.1, -0.05) is 24.3 Å². The van der Waals surface area contributed by atoms with Crippen LogP contribution < -0.4 is 0 Å². The number of aromatic nitrogens is 3. The van der Waals surface area contributed by atoms with Gasteiger partial charge in [0.15, 0.2) is 0 Å². The first-order chi connectivity index (χ1) is 7.83. The number of fused-ring (bicyclic) bond motifs is 1. The molecule has 0 amide bonds. The summed E-state index contributed by atoms with van der Waals surface area (Å²) in [6, 6.07) is 11.7. The predicted octanol–water partition coefficient (Wildman–Crippen LogP) is 3.05. The number of rotatable bonds is 1. The number of hydrogen-bond acceptors (Lipinski definition) is 4. The molecular formula is C11H6BrN3O. The van der Waals surface area contributed by atoms with Gasteiger partial charge in [0, 0.05) is 21.3 Å². The van der Waals surface area contributed by atoms with Crippen LogP contribution in [-0.4, -0.2) is 15.2 Å². The Morgan fingerprint density at radius 1 is 1.00 bits per heavy atom. The molecule has 0 bridgehead atoms. The second-order valence-corrected chi connectivity index (χ2v) is 3.93. The second-order valence-electron chi connectivity index (χ2n) is 3.25. The van der Waals surface area contributed by atoms with Crippen LogP contribution in [0.15, 0.2) is 45.6 Å². The molecule has 0 aliphatic carbocycles. The van der Waals surface area contributed by atoms with Crippen LogP contribution in [-0.2, 0) is 0 Å². The van der Waals surface area contributed by atoms with E-state index in [0.717, 1.165) is 10.9 Å². The molecule has 0 N–H and O–H groups in total. The highest BCUT2D eigenvalue weighted by atomic mass is 79.9. The van der Waals surface area contributed by atoms with Crippen molar-refractivity contribution in [2.75, 3.05) is 0 Å². The molecule has 5 heteroatoms. The molecule has 78 valence electrons. The van der Waals surface area contributed by atoms with Crippen LogP contribution in [0.5, 0.6) is 0 Å². The maximum Gasteiger partial charge on any atom is 0.285 e. The molecule has 2 heterocycles. The first kappa shape index (κ1) is 9.47. The molecule has 0 aliphatic heterocycles. The van der Waals surface area contributed by atoms with E-state index in [-0.39, 0.29) is 0 Å². The standard InChI is InChI=1S/C11H6BrN3O/c12-11-15-14-10(16-11)9-6-5-7-3-1-2-4-8(7)13-9/h1-6H. The van der Waals surface area contributed by atoms with Crippen LogP contribution >= 0.6 is 15.9 Å². The molecule has 0 radical (unpaired) electrons. The van der Waals surface area contributed by atoms with E-state index in [1.54, 1.807) is 0 Å². The van der Waals surface area contributed by atoms with Gasteiger partial charge in [0.25, 0.3) is 10.7 Å². The Morgan fingerprint density at radius 2 is 1.88 bits per heavy atom. The summed E-state index contributed by atoms with van der Waals surface area (Å²) in [4.78, 5) is 4.80. The van der Waals surface area contributed by atoms with Gasteiger partial charge >= 0.3 is 0 Å². The fraction of sp³-hybridized carbons (Fsp3) is 0.